The molecule has 2 N–H and O–H groups in total. The Bertz CT molecular complexity index is 3540. The van der Waals surface area contributed by atoms with E-state index in [1.165, 1.54) is 160 Å². The SMILES string of the molecule is CCCCCCc1ccc(CCCCCC)c2c1-c1nc-2nc2[nH]c(nc3nc(nc4[nH]c(n1)c1c(CCCCCC)ccc(CCCCCC)c41)-c1c(CCCCCC)ccc(CCCCCC)c1-3)c1c(OCCCC)c(Br)cc(OCCCC)c21. The third-order valence-corrected chi connectivity index (χ3v) is 18.8. The van der Waals surface area contributed by atoms with Crippen molar-refractivity contribution in [3.05, 3.63) is 80.3 Å². The summed E-state index contributed by atoms with van der Waals surface area (Å²) in [5, 5.41) is 3.99. The molecule has 0 radical (unpaired) electrons. The van der Waals surface area contributed by atoms with Gasteiger partial charge in [-0.15, -0.1) is 0 Å². The van der Waals surface area contributed by atoms with Crippen molar-refractivity contribution in [1.29, 1.82) is 0 Å². The van der Waals surface area contributed by atoms with E-state index >= 15 is 0 Å². The van der Waals surface area contributed by atoms with Gasteiger partial charge < -0.3 is 19.4 Å². The quantitative estimate of drug-likeness (QED) is 0.0366. The van der Waals surface area contributed by atoms with Crippen molar-refractivity contribution in [2.45, 2.75) is 274 Å². The number of fused-ring (bicyclic) bond motifs is 20. The number of rotatable bonds is 38. The molecule has 7 aromatic rings. The van der Waals surface area contributed by atoms with Gasteiger partial charge in [0.1, 0.15) is 34.1 Å². The van der Waals surface area contributed by atoms with Crippen LogP contribution < -0.4 is 9.47 Å². The summed E-state index contributed by atoms with van der Waals surface area (Å²) in [4.78, 5) is 43.1. The predicted octanol–water partition coefficient (Wildman–Crippen LogP) is 22.7. The van der Waals surface area contributed by atoms with E-state index in [0.717, 1.165) is 163 Å². The van der Waals surface area contributed by atoms with E-state index in [9.17, 15) is 0 Å². The summed E-state index contributed by atoms with van der Waals surface area (Å²) in [6, 6.07) is 16.5. The molecule has 2 aliphatic heterocycles. The van der Waals surface area contributed by atoms with Gasteiger partial charge in [0.15, 0.2) is 23.3 Å². The molecule has 0 fully saturated rings. The van der Waals surface area contributed by atoms with E-state index in [2.05, 4.69) is 124 Å². The second-order valence-corrected chi connectivity index (χ2v) is 26.1. The molecule has 0 saturated heterocycles. The van der Waals surface area contributed by atoms with Gasteiger partial charge in [0.05, 0.1) is 28.5 Å². The summed E-state index contributed by atoms with van der Waals surface area (Å²) in [7, 11) is 0. The van der Waals surface area contributed by atoms with E-state index in [1.54, 1.807) is 0 Å². The van der Waals surface area contributed by atoms with Crippen molar-refractivity contribution in [2.24, 2.45) is 0 Å². The van der Waals surface area contributed by atoms with Crippen LogP contribution in [-0.4, -0.2) is 53.1 Å². The van der Waals surface area contributed by atoms with Gasteiger partial charge in [0.2, 0.25) is 0 Å². The third-order valence-electron chi connectivity index (χ3n) is 18.2. The Labute approximate surface area is 530 Å². The highest BCUT2D eigenvalue weighted by Crippen LogP contribution is 2.48. The molecule has 468 valence electrons. The van der Waals surface area contributed by atoms with Crippen LogP contribution in [0.4, 0.5) is 0 Å². The van der Waals surface area contributed by atoms with Crippen molar-refractivity contribution < 1.29 is 9.47 Å². The molecule has 0 spiro atoms. The first-order chi connectivity index (χ1) is 42.8. The van der Waals surface area contributed by atoms with E-state index in [0.29, 0.717) is 47.8 Å². The number of ether oxygens (including phenoxy) is 2. The van der Waals surface area contributed by atoms with E-state index in [1.807, 2.05) is 0 Å². The Kier molecular flexibility index (Phi) is 25.5. The van der Waals surface area contributed by atoms with Gasteiger partial charge in [-0.05, 0) is 145 Å². The molecular formula is C76H105BrN8O2. The van der Waals surface area contributed by atoms with Gasteiger partial charge in [-0.25, -0.2) is 29.9 Å². The Morgan fingerprint density at radius 1 is 0.310 bits per heavy atom. The van der Waals surface area contributed by atoms with Crippen LogP contribution in [0.5, 0.6) is 11.5 Å². The molecule has 0 amide bonds. The van der Waals surface area contributed by atoms with E-state index in [-0.39, 0.29) is 0 Å². The molecule has 3 aromatic heterocycles. The maximum absolute atomic E-state index is 6.94. The smallest absolute Gasteiger partial charge is 0.165 e. The van der Waals surface area contributed by atoms with Gasteiger partial charge in [-0.1, -0.05) is 220 Å². The fourth-order valence-electron chi connectivity index (χ4n) is 13.3. The Morgan fingerprint density at radius 3 is 0.931 bits per heavy atom. The fourth-order valence-corrected chi connectivity index (χ4v) is 13.8. The summed E-state index contributed by atoms with van der Waals surface area (Å²) in [5.74, 6) is 4.20. The number of aromatic nitrogens is 8. The van der Waals surface area contributed by atoms with Crippen molar-refractivity contribution in [2.75, 3.05) is 13.2 Å². The van der Waals surface area contributed by atoms with Gasteiger partial charge in [-0.2, -0.15) is 0 Å². The fraction of sp³-hybridized carbons (Fsp3) is 0.579. The first kappa shape index (κ1) is 65.8. The average molecular weight is 1240 g/mol. The molecule has 4 aromatic carbocycles. The van der Waals surface area contributed by atoms with Gasteiger partial charge in [0.25, 0.3) is 0 Å². The zero-order chi connectivity index (χ0) is 60.9. The first-order valence-electron chi connectivity index (χ1n) is 35.2. The molecule has 0 saturated carbocycles. The van der Waals surface area contributed by atoms with Crippen LogP contribution in [0.25, 0.3) is 89.7 Å². The number of aromatic amines is 2. The minimum absolute atomic E-state index is 0.552. The number of unbranched alkanes of at least 4 members (excludes halogenated alkanes) is 20. The van der Waals surface area contributed by atoms with Gasteiger partial charge in [-0.3, -0.25) is 0 Å². The molecule has 87 heavy (non-hydrogen) atoms. The van der Waals surface area contributed by atoms with Crippen LogP contribution in [0, 0.1) is 0 Å². The van der Waals surface area contributed by atoms with Crippen molar-refractivity contribution in [1.82, 2.24) is 39.9 Å². The van der Waals surface area contributed by atoms with Crippen LogP contribution in [0.2, 0.25) is 0 Å². The van der Waals surface area contributed by atoms with E-state index < -0.39 is 0 Å². The highest BCUT2D eigenvalue weighted by molar-refractivity contribution is 9.10. The molecule has 0 unspecified atom stereocenters. The molecule has 2 aliphatic rings. The lowest BCUT2D eigenvalue weighted by atomic mass is 9.91. The number of H-pyrrole nitrogens is 2. The first-order valence-corrected chi connectivity index (χ1v) is 36.0. The summed E-state index contributed by atoms with van der Waals surface area (Å²) < 4.78 is 14.7. The molecule has 9 rings (SSSR count). The Hall–Kier alpha value is -5.68. The number of hydrogen-bond donors (Lipinski definition) is 2. The summed E-state index contributed by atoms with van der Waals surface area (Å²) in [6.45, 7) is 19.3. The van der Waals surface area contributed by atoms with Crippen LogP contribution in [0.15, 0.2) is 46.9 Å². The average Bonchev–Trinajstić information content (AvgIpc) is 1.70. The molecular weight excluding hydrogens is 1140 g/mol. The predicted molar refractivity (Wildman–Crippen MR) is 372 cm³/mol. The van der Waals surface area contributed by atoms with Crippen LogP contribution in [0.3, 0.4) is 0 Å². The van der Waals surface area contributed by atoms with Crippen LogP contribution in [0.1, 0.15) is 269 Å². The number of aryl methyl sites for hydroxylation is 6. The lowest BCUT2D eigenvalue weighted by Gasteiger charge is -2.14. The maximum atomic E-state index is 6.94. The normalized spacial score (nSPS) is 12.0. The second-order valence-electron chi connectivity index (χ2n) is 25.2. The number of nitrogens with one attached hydrogen (secondary N) is 2. The molecule has 0 atom stereocenters. The highest BCUT2D eigenvalue weighted by atomic mass is 79.9. The van der Waals surface area contributed by atoms with Crippen molar-refractivity contribution in [3.8, 4) is 57.1 Å². The lowest BCUT2D eigenvalue weighted by Crippen LogP contribution is -2.01. The number of benzene rings is 4. The summed E-state index contributed by atoms with van der Waals surface area (Å²) >= 11 is 4.05. The van der Waals surface area contributed by atoms with Crippen molar-refractivity contribution in [3.63, 3.8) is 0 Å². The molecule has 0 aliphatic carbocycles. The number of nitrogens with zero attached hydrogens (tertiary/aromatic N) is 6. The summed E-state index contributed by atoms with van der Waals surface area (Å²) in [5.41, 5.74) is 15.1. The van der Waals surface area contributed by atoms with Gasteiger partial charge >= 0.3 is 0 Å². The second kappa shape index (κ2) is 33.8. The molecule has 8 bridgehead atoms. The third kappa shape index (κ3) is 16.0. The largest absolute Gasteiger partial charge is 0.493 e. The van der Waals surface area contributed by atoms with E-state index in [4.69, 9.17) is 39.4 Å². The minimum Gasteiger partial charge on any atom is -0.493 e. The van der Waals surface area contributed by atoms with Crippen LogP contribution in [-0.2, 0) is 38.5 Å². The Balaban J connectivity index is 1.50. The van der Waals surface area contributed by atoms with Crippen LogP contribution >= 0.6 is 15.9 Å². The zero-order valence-corrected chi connectivity index (χ0v) is 56.5. The number of hydrogen-bond acceptors (Lipinski definition) is 8. The minimum atomic E-state index is 0.552. The standard InChI is InChI=1S/C76H105BrN8O2/c1-9-17-25-31-37-52-43-44-53(38-32-26-18-10-2)61-60(52)69-78-70(61)80-72-63-55(40-34-28-20-12-4)46-48-57(42-36-30-22-14-6)65(63)74(82-72)84-76-67-66(59(86-49-23-15-7)51-58(77)68(67)87-50-24-16-8)75(85-76)83-73-64-56(41-35-29-21-13-5)47-45-54(39-33-27-19-11-3)62(64)71(79-69)81-73/h43-48,51H,9-42,49-50H2,1-8H3,(H2,78,79,80,81,82,83,84,85). The molecule has 11 heteroatoms. The van der Waals surface area contributed by atoms with Gasteiger partial charge in [0, 0.05) is 33.0 Å². The van der Waals surface area contributed by atoms with Crippen molar-refractivity contribution >= 4 is 60.1 Å². The topological polar surface area (TPSA) is 127 Å². The lowest BCUT2D eigenvalue weighted by molar-refractivity contribution is 0.305. The molecule has 5 heterocycles. The number of halogens is 1. The summed E-state index contributed by atoms with van der Waals surface area (Å²) in [6.07, 6.45) is 37.5. The highest BCUT2D eigenvalue weighted by Gasteiger charge is 2.31. The maximum Gasteiger partial charge on any atom is 0.165 e. The zero-order valence-electron chi connectivity index (χ0n) is 54.9. The monoisotopic (exact) mass is 1240 g/mol. The molecule has 10 nitrogen and oxygen atoms in total. The Morgan fingerprint density at radius 2 is 0.598 bits per heavy atom.